The number of rotatable bonds is 6. The SMILES string of the molecule is CC(C)(C)OC(=O)NCCNS(=O)(=O)Cc1ccc(N)cc1. The van der Waals surface area contributed by atoms with Crippen LogP contribution < -0.4 is 15.8 Å². The molecule has 0 saturated carbocycles. The van der Waals surface area contributed by atoms with Crippen molar-refractivity contribution in [2.75, 3.05) is 18.8 Å². The number of alkyl carbamates (subject to hydrolysis) is 1. The van der Waals surface area contributed by atoms with Crippen molar-refractivity contribution >= 4 is 21.8 Å². The third-order valence-electron chi connectivity index (χ3n) is 2.45. The van der Waals surface area contributed by atoms with Crippen molar-refractivity contribution in [2.45, 2.75) is 32.1 Å². The average molecular weight is 329 g/mol. The summed E-state index contributed by atoms with van der Waals surface area (Å²) in [6.07, 6.45) is -0.578. The van der Waals surface area contributed by atoms with E-state index in [9.17, 15) is 13.2 Å². The second kappa shape index (κ2) is 7.46. The van der Waals surface area contributed by atoms with Crippen LogP contribution in [0.1, 0.15) is 26.3 Å². The van der Waals surface area contributed by atoms with Gasteiger partial charge in [0.15, 0.2) is 0 Å². The van der Waals surface area contributed by atoms with Crippen molar-refractivity contribution in [3.8, 4) is 0 Å². The Morgan fingerprint density at radius 1 is 1.18 bits per heavy atom. The van der Waals surface area contributed by atoms with Crippen molar-refractivity contribution in [1.29, 1.82) is 0 Å². The standard InChI is InChI=1S/C14H23N3O4S/c1-14(2,3)21-13(18)16-8-9-17-22(19,20)10-11-4-6-12(15)7-5-11/h4-7,17H,8-10,15H2,1-3H3,(H,16,18). The minimum atomic E-state index is -3.46. The van der Waals surface area contributed by atoms with E-state index in [1.807, 2.05) is 0 Å². The average Bonchev–Trinajstić information content (AvgIpc) is 2.35. The first-order chi connectivity index (χ1) is 10.1. The summed E-state index contributed by atoms with van der Waals surface area (Å²) in [6, 6.07) is 6.62. The Balaban J connectivity index is 2.34. The van der Waals surface area contributed by atoms with Gasteiger partial charge >= 0.3 is 6.09 Å². The maximum atomic E-state index is 11.9. The fraction of sp³-hybridized carbons (Fsp3) is 0.500. The fourth-order valence-corrected chi connectivity index (χ4v) is 2.72. The lowest BCUT2D eigenvalue weighted by Crippen LogP contribution is -2.38. The van der Waals surface area contributed by atoms with Crippen LogP contribution in [0.2, 0.25) is 0 Å². The molecule has 1 amide bonds. The summed E-state index contributed by atoms with van der Waals surface area (Å²) < 4.78 is 31.2. The number of benzene rings is 1. The van der Waals surface area contributed by atoms with E-state index in [1.165, 1.54) is 0 Å². The molecule has 0 aromatic heterocycles. The Morgan fingerprint density at radius 2 is 1.77 bits per heavy atom. The van der Waals surface area contributed by atoms with Gasteiger partial charge in [-0.15, -0.1) is 0 Å². The van der Waals surface area contributed by atoms with Crippen LogP contribution in [-0.2, 0) is 20.5 Å². The summed E-state index contributed by atoms with van der Waals surface area (Å²) in [4.78, 5) is 11.4. The van der Waals surface area contributed by atoms with Crippen LogP contribution in [0.3, 0.4) is 0 Å². The zero-order chi connectivity index (χ0) is 16.8. The van der Waals surface area contributed by atoms with E-state index < -0.39 is 21.7 Å². The van der Waals surface area contributed by atoms with Gasteiger partial charge in [-0.1, -0.05) is 12.1 Å². The molecule has 0 aliphatic carbocycles. The molecule has 1 rings (SSSR count). The number of carbonyl (C=O) groups is 1. The number of amides is 1. The minimum absolute atomic E-state index is 0.0938. The quantitative estimate of drug-likeness (QED) is 0.537. The molecule has 4 N–H and O–H groups in total. The fourth-order valence-electron chi connectivity index (χ4n) is 1.57. The molecular formula is C14H23N3O4S. The van der Waals surface area contributed by atoms with E-state index in [-0.39, 0.29) is 18.8 Å². The topological polar surface area (TPSA) is 111 Å². The summed E-state index contributed by atoms with van der Waals surface area (Å²) in [5.41, 5.74) is 6.18. The Kier molecular flexibility index (Phi) is 6.19. The first-order valence-electron chi connectivity index (χ1n) is 6.86. The van der Waals surface area contributed by atoms with Gasteiger partial charge in [-0.2, -0.15) is 0 Å². The number of hydrogen-bond acceptors (Lipinski definition) is 5. The molecule has 0 fully saturated rings. The van der Waals surface area contributed by atoms with Crippen molar-refractivity contribution in [3.05, 3.63) is 29.8 Å². The van der Waals surface area contributed by atoms with Crippen LogP contribution in [0.4, 0.5) is 10.5 Å². The molecular weight excluding hydrogens is 306 g/mol. The van der Waals surface area contributed by atoms with Gasteiger partial charge in [0.05, 0.1) is 5.75 Å². The van der Waals surface area contributed by atoms with Crippen LogP contribution in [0.5, 0.6) is 0 Å². The first kappa shape index (κ1) is 18.2. The number of nitrogens with one attached hydrogen (secondary N) is 2. The van der Waals surface area contributed by atoms with Crippen LogP contribution >= 0.6 is 0 Å². The Bertz CT molecular complexity index is 592. The van der Waals surface area contributed by atoms with Gasteiger partial charge in [-0.05, 0) is 38.5 Å². The maximum absolute atomic E-state index is 11.9. The van der Waals surface area contributed by atoms with Gasteiger partial charge < -0.3 is 15.8 Å². The van der Waals surface area contributed by atoms with Gasteiger partial charge in [0.1, 0.15) is 5.60 Å². The molecule has 0 saturated heterocycles. The van der Waals surface area contributed by atoms with Gasteiger partial charge in [0, 0.05) is 18.8 Å². The van der Waals surface area contributed by atoms with Crippen molar-refractivity contribution in [1.82, 2.24) is 10.0 Å². The summed E-state index contributed by atoms with van der Waals surface area (Å²) in [7, 11) is -3.46. The van der Waals surface area contributed by atoms with Crippen molar-refractivity contribution in [3.63, 3.8) is 0 Å². The predicted octanol–water partition coefficient (Wildman–Crippen LogP) is 1.21. The molecule has 8 heteroatoms. The second-order valence-electron chi connectivity index (χ2n) is 5.82. The summed E-state index contributed by atoms with van der Waals surface area (Å²) in [6.45, 7) is 5.50. The molecule has 0 aliphatic heterocycles. The van der Waals surface area contributed by atoms with E-state index >= 15 is 0 Å². The van der Waals surface area contributed by atoms with Gasteiger partial charge in [-0.25, -0.2) is 17.9 Å². The highest BCUT2D eigenvalue weighted by Gasteiger charge is 2.16. The largest absolute Gasteiger partial charge is 0.444 e. The molecule has 0 aliphatic rings. The normalized spacial score (nSPS) is 12.0. The number of carbonyl (C=O) groups excluding carboxylic acids is 1. The number of anilines is 1. The van der Waals surface area contributed by atoms with E-state index in [0.717, 1.165) is 0 Å². The third-order valence-corrected chi connectivity index (χ3v) is 3.81. The number of nitrogen functional groups attached to an aromatic ring is 1. The zero-order valence-corrected chi connectivity index (χ0v) is 13.9. The highest BCUT2D eigenvalue weighted by Crippen LogP contribution is 2.08. The van der Waals surface area contributed by atoms with Crippen molar-refractivity contribution in [2.24, 2.45) is 0 Å². The van der Waals surface area contributed by atoms with E-state index in [2.05, 4.69) is 10.0 Å². The van der Waals surface area contributed by atoms with E-state index in [0.29, 0.717) is 11.3 Å². The summed E-state index contributed by atoms with van der Waals surface area (Å²) >= 11 is 0. The molecule has 0 heterocycles. The minimum Gasteiger partial charge on any atom is -0.444 e. The number of nitrogens with two attached hydrogens (primary N) is 1. The third kappa shape index (κ3) is 7.84. The Morgan fingerprint density at radius 3 is 2.32 bits per heavy atom. The second-order valence-corrected chi connectivity index (χ2v) is 7.63. The van der Waals surface area contributed by atoms with Crippen LogP contribution in [0, 0.1) is 0 Å². The maximum Gasteiger partial charge on any atom is 0.407 e. The smallest absolute Gasteiger partial charge is 0.407 e. The van der Waals surface area contributed by atoms with Crippen LogP contribution in [-0.4, -0.2) is 33.2 Å². The van der Waals surface area contributed by atoms with E-state index in [4.69, 9.17) is 10.5 Å². The zero-order valence-electron chi connectivity index (χ0n) is 13.0. The summed E-state index contributed by atoms with van der Waals surface area (Å²) in [5.74, 6) is -0.139. The number of hydrogen-bond donors (Lipinski definition) is 3. The number of sulfonamides is 1. The molecule has 0 bridgehead atoms. The molecule has 0 atom stereocenters. The molecule has 124 valence electrons. The molecule has 22 heavy (non-hydrogen) atoms. The predicted molar refractivity (Wildman–Crippen MR) is 85.7 cm³/mol. The summed E-state index contributed by atoms with van der Waals surface area (Å²) in [5, 5.41) is 2.48. The highest BCUT2D eigenvalue weighted by molar-refractivity contribution is 7.88. The molecule has 0 unspecified atom stereocenters. The molecule has 1 aromatic rings. The first-order valence-corrected chi connectivity index (χ1v) is 8.51. The van der Waals surface area contributed by atoms with Gasteiger partial charge in [0.25, 0.3) is 0 Å². The lowest BCUT2D eigenvalue weighted by Gasteiger charge is -2.19. The van der Waals surface area contributed by atoms with Crippen LogP contribution in [0.25, 0.3) is 0 Å². The molecule has 1 aromatic carbocycles. The molecule has 7 nitrogen and oxygen atoms in total. The molecule has 0 spiro atoms. The lowest BCUT2D eigenvalue weighted by atomic mass is 10.2. The van der Waals surface area contributed by atoms with Gasteiger partial charge in [-0.3, -0.25) is 0 Å². The monoisotopic (exact) mass is 329 g/mol. The van der Waals surface area contributed by atoms with Crippen molar-refractivity contribution < 1.29 is 17.9 Å². The lowest BCUT2D eigenvalue weighted by molar-refractivity contribution is 0.0529. The van der Waals surface area contributed by atoms with Gasteiger partial charge in [0.2, 0.25) is 10.0 Å². The highest BCUT2D eigenvalue weighted by atomic mass is 32.2. The number of ether oxygens (including phenoxy) is 1. The Labute approximate surface area is 131 Å². The Hall–Kier alpha value is -1.80. The molecule has 0 radical (unpaired) electrons. The van der Waals surface area contributed by atoms with Crippen LogP contribution in [0.15, 0.2) is 24.3 Å². The van der Waals surface area contributed by atoms with E-state index in [1.54, 1.807) is 45.0 Å².